The van der Waals surface area contributed by atoms with Crippen LogP contribution < -0.4 is 0 Å². The lowest BCUT2D eigenvalue weighted by molar-refractivity contribution is -0.299. The van der Waals surface area contributed by atoms with E-state index in [0.717, 1.165) is 0 Å². The van der Waals surface area contributed by atoms with Gasteiger partial charge in [0.1, 0.15) is 31.0 Å². The predicted octanol–water partition coefficient (Wildman–Crippen LogP) is -1.83. The van der Waals surface area contributed by atoms with Crippen molar-refractivity contribution >= 4 is 5.78 Å². The number of ether oxygens (including phenoxy) is 2. The summed E-state index contributed by atoms with van der Waals surface area (Å²) >= 11 is 0. The first-order valence-electron chi connectivity index (χ1n) is 5.95. The highest BCUT2D eigenvalue weighted by Gasteiger charge is 2.44. The first-order valence-corrected chi connectivity index (χ1v) is 5.95. The lowest BCUT2D eigenvalue weighted by Gasteiger charge is -2.39. The van der Waals surface area contributed by atoms with Crippen molar-refractivity contribution in [2.24, 2.45) is 0 Å². The molecule has 0 amide bonds. The third-order valence-electron chi connectivity index (χ3n) is 2.79. The molecule has 0 aromatic rings. The minimum Gasteiger partial charge on any atom is -0.394 e. The molecule has 4 N–H and O–H groups in total. The molecule has 0 radical (unpaired) electrons. The van der Waals surface area contributed by atoms with Crippen LogP contribution in [0.15, 0.2) is 0 Å². The van der Waals surface area contributed by atoms with Gasteiger partial charge in [0.25, 0.3) is 0 Å². The van der Waals surface area contributed by atoms with Crippen molar-refractivity contribution in [1.29, 1.82) is 0 Å². The molecule has 7 heteroatoms. The van der Waals surface area contributed by atoms with E-state index in [2.05, 4.69) is 0 Å². The van der Waals surface area contributed by atoms with E-state index in [-0.39, 0.29) is 12.4 Å². The van der Waals surface area contributed by atoms with Crippen LogP contribution in [-0.4, -0.2) is 70.1 Å². The van der Waals surface area contributed by atoms with Crippen molar-refractivity contribution < 1.29 is 34.7 Å². The van der Waals surface area contributed by atoms with Crippen molar-refractivity contribution in [3.05, 3.63) is 0 Å². The summed E-state index contributed by atoms with van der Waals surface area (Å²) in [6, 6.07) is 0. The largest absolute Gasteiger partial charge is 0.394 e. The van der Waals surface area contributed by atoms with E-state index in [1.54, 1.807) is 0 Å². The average molecular weight is 264 g/mol. The van der Waals surface area contributed by atoms with Crippen molar-refractivity contribution in [1.82, 2.24) is 0 Å². The Morgan fingerprint density at radius 1 is 1.22 bits per heavy atom. The first-order chi connectivity index (χ1) is 8.51. The van der Waals surface area contributed by atoms with Gasteiger partial charge in [0.15, 0.2) is 12.1 Å². The van der Waals surface area contributed by atoms with Crippen LogP contribution in [0.1, 0.15) is 19.8 Å². The van der Waals surface area contributed by atoms with E-state index < -0.39 is 37.3 Å². The van der Waals surface area contributed by atoms with Gasteiger partial charge in [-0.1, -0.05) is 6.92 Å². The van der Waals surface area contributed by atoms with E-state index in [1.165, 1.54) is 0 Å². The number of hydrogen-bond acceptors (Lipinski definition) is 7. The molecular weight excluding hydrogens is 244 g/mol. The monoisotopic (exact) mass is 264 g/mol. The average Bonchev–Trinajstić information content (AvgIpc) is 2.35. The molecular formula is C11H20O7. The van der Waals surface area contributed by atoms with E-state index in [0.29, 0.717) is 12.8 Å². The molecule has 0 aliphatic carbocycles. The SMILES string of the molecule is CCCC(=O)CO[C@H]1O[C@H](CO)[C@@H](O)[C@H](O)[C@H]1O. The molecule has 0 unspecified atom stereocenters. The van der Waals surface area contributed by atoms with Gasteiger partial charge < -0.3 is 29.9 Å². The Labute approximate surface area is 105 Å². The Bertz CT molecular complexity index is 268. The van der Waals surface area contributed by atoms with Crippen molar-refractivity contribution in [3.8, 4) is 0 Å². The van der Waals surface area contributed by atoms with Crippen molar-refractivity contribution in [3.63, 3.8) is 0 Å². The second-order valence-electron chi connectivity index (χ2n) is 4.30. The van der Waals surface area contributed by atoms with Crippen LogP contribution in [0.2, 0.25) is 0 Å². The first kappa shape index (κ1) is 15.5. The maximum Gasteiger partial charge on any atom is 0.187 e. The number of aliphatic hydroxyl groups excluding tert-OH is 4. The molecule has 0 aromatic heterocycles. The maximum absolute atomic E-state index is 11.3. The van der Waals surface area contributed by atoms with Crippen LogP contribution in [0, 0.1) is 0 Å². The highest BCUT2D eigenvalue weighted by atomic mass is 16.7. The fourth-order valence-electron chi connectivity index (χ4n) is 1.73. The molecule has 0 spiro atoms. The van der Waals surface area contributed by atoms with Gasteiger partial charge in [-0.3, -0.25) is 4.79 Å². The highest BCUT2D eigenvalue weighted by Crippen LogP contribution is 2.21. The molecule has 1 fully saturated rings. The number of hydrogen-bond donors (Lipinski definition) is 4. The van der Waals surface area contributed by atoms with Crippen LogP contribution >= 0.6 is 0 Å². The smallest absolute Gasteiger partial charge is 0.187 e. The van der Waals surface area contributed by atoms with E-state index in [4.69, 9.17) is 14.6 Å². The summed E-state index contributed by atoms with van der Waals surface area (Å²) in [6.07, 6.45) is -5.57. The van der Waals surface area contributed by atoms with Gasteiger partial charge in [0.2, 0.25) is 0 Å². The zero-order valence-electron chi connectivity index (χ0n) is 10.2. The molecule has 5 atom stereocenters. The highest BCUT2D eigenvalue weighted by molar-refractivity contribution is 5.79. The minimum atomic E-state index is -1.48. The number of carbonyl (C=O) groups excluding carboxylic acids is 1. The van der Waals surface area contributed by atoms with Gasteiger partial charge >= 0.3 is 0 Å². The molecule has 0 bridgehead atoms. The van der Waals surface area contributed by atoms with Crippen LogP contribution in [0.4, 0.5) is 0 Å². The summed E-state index contributed by atoms with van der Waals surface area (Å²) in [6.45, 7) is 1.09. The summed E-state index contributed by atoms with van der Waals surface area (Å²) in [5.41, 5.74) is 0. The summed E-state index contributed by atoms with van der Waals surface area (Å²) < 4.78 is 10.1. The molecule has 0 saturated carbocycles. The van der Waals surface area contributed by atoms with Gasteiger partial charge in [-0.2, -0.15) is 0 Å². The Kier molecular flexibility index (Phi) is 6.13. The summed E-state index contributed by atoms with van der Waals surface area (Å²) in [5, 5.41) is 37.6. The minimum absolute atomic E-state index is 0.144. The topological polar surface area (TPSA) is 116 Å². The number of aliphatic hydroxyl groups is 4. The number of Topliss-reactive ketones (excluding diaryl/α,β-unsaturated/α-hetero) is 1. The van der Waals surface area contributed by atoms with E-state index >= 15 is 0 Å². The van der Waals surface area contributed by atoms with E-state index in [1.807, 2.05) is 6.92 Å². The quantitative estimate of drug-likeness (QED) is 0.446. The van der Waals surface area contributed by atoms with Gasteiger partial charge in [-0.15, -0.1) is 0 Å². The predicted molar refractivity (Wildman–Crippen MR) is 59.6 cm³/mol. The zero-order chi connectivity index (χ0) is 13.7. The molecule has 1 aliphatic rings. The molecule has 1 saturated heterocycles. The van der Waals surface area contributed by atoms with Crippen LogP contribution in [0.25, 0.3) is 0 Å². The van der Waals surface area contributed by atoms with Gasteiger partial charge in [-0.25, -0.2) is 0 Å². The third-order valence-corrected chi connectivity index (χ3v) is 2.79. The Balaban J connectivity index is 2.51. The second kappa shape index (κ2) is 7.13. The second-order valence-corrected chi connectivity index (χ2v) is 4.30. The molecule has 106 valence electrons. The van der Waals surface area contributed by atoms with Gasteiger partial charge in [0, 0.05) is 6.42 Å². The van der Waals surface area contributed by atoms with Crippen LogP contribution in [0.3, 0.4) is 0 Å². The standard InChI is InChI=1S/C11H20O7/c1-2-3-6(13)5-17-11-10(16)9(15)8(14)7(4-12)18-11/h7-12,14-16H,2-5H2,1H3/t7-,8-,9+,10-,11+/m1/s1. The molecule has 1 rings (SSSR count). The normalized spacial score (nSPS) is 36.6. The molecule has 1 heterocycles. The molecule has 18 heavy (non-hydrogen) atoms. The van der Waals surface area contributed by atoms with Crippen molar-refractivity contribution in [2.45, 2.75) is 50.5 Å². The summed E-state index contributed by atoms with van der Waals surface area (Å²) in [4.78, 5) is 11.3. The fraction of sp³-hybridized carbons (Fsp3) is 0.909. The Hall–Kier alpha value is -0.570. The van der Waals surface area contributed by atoms with Crippen molar-refractivity contribution in [2.75, 3.05) is 13.2 Å². The lowest BCUT2D eigenvalue weighted by Crippen LogP contribution is -2.59. The Morgan fingerprint density at radius 2 is 1.89 bits per heavy atom. The fourth-order valence-corrected chi connectivity index (χ4v) is 1.73. The summed E-state index contributed by atoms with van der Waals surface area (Å²) in [5.74, 6) is -0.144. The summed E-state index contributed by atoms with van der Waals surface area (Å²) in [7, 11) is 0. The van der Waals surface area contributed by atoms with Gasteiger partial charge in [-0.05, 0) is 6.42 Å². The number of rotatable bonds is 6. The number of carbonyl (C=O) groups is 1. The third kappa shape index (κ3) is 3.71. The Morgan fingerprint density at radius 3 is 2.44 bits per heavy atom. The van der Waals surface area contributed by atoms with Crippen LogP contribution in [0.5, 0.6) is 0 Å². The lowest BCUT2D eigenvalue weighted by atomic mass is 9.99. The van der Waals surface area contributed by atoms with E-state index in [9.17, 15) is 20.1 Å². The van der Waals surface area contributed by atoms with Gasteiger partial charge in [0.05, 0.1) is 6.61 Å². The molecule has 0 aromatic carbocycles. The molecule has 7 nitrogen and oxygen atoms in total. The molecule has 1 aliphatic heterocycles. The zero-order valence-corrected chi connectivity index (χ0v) is 10.2. The van der Waals surface area contributed by atoms with Crippen LogP contribution in [-0.2, 0) is 14.3 Å². The number of ketones is 1. The maximum atomic E-state index is 11.3.